The van der Waals surface area contributed by atoms with Crippen LogP contribution in [0.25, 0.3) is 5.69 Å². The van der Waals surface area contributed by atoms with E-state index < -0.39 is 23.7 Å². The van der Waals surface area contributed by atoms with Crippen LogP contribution in [0, 0.1) is 11.7 Å². The number of carboxylic acid groups (broad SMARTS) is 1. The molecule has 2 amide bonds. The van der Waals surface area contributed by atoms with Crippen molar-refractivity contribution in [1.29, 1.82) is 0 Å². The molecule has 1 atom stereocenters. The lowest BCUT2D eigenvalue weighted by Crippen LogP contribution is -2.36. The second-order valence-corrected chi connectivity index (χ2v) is 5.17. The van der Waals surface area contributed by atoms with Gasteiger partial charge in [0.2, 0.25) is 0 Å². The number of hydrogen-bond donors (Lipinski definition) is 2. The molecule has 0 fully saturated rings. The van der Waals surface area contributed by atoms with Crippen molar-refractivity contribution in [3.63, 3.8) is 0 Å². The van der Waals surface area contributed by atoms with E-state index in [1.165, 1.54) is 41.9 Å². The Labute approximate surface area is 132 Å². The fraction of sp³-hybridized carbons (Fsp3) is 0.267. The molecule has 2 aromatic rings. The molecule has 0 spiro atoms. The van der Waals surface area contributed by atoms with Gasteiger partial charge in [-0.2, -0.15) is 5.10 Å². The molecule has 1 heterocycles. The summed E-state index contributed by atoms with van der Waals surface area (Å²) >= 11 is 0. The second-order valence-electron chi connectivity index (χ2n) is 5.17. The third-order valence-electron chi connectivity index (χ3n) is 3.27. The van der Waals surface area contributed by atoms with Crippen molar-refractivity contribution in [2.75, 3.05) is 18.9 Å². The number of urea groups is 1. The van der Waals surface area contributed by atoms with Gasteiger partial charge in [-0.15, -0.1) is 0 Å². The van der Waals surface area contributed by atoms with Crippen LogP contribution in [-0.2, 0) is 4.79 Å². The van der Waals surface area contributed by atoms with E-state index in [1.54, 1.807) is 18.3 Å². The normalized spacial score (nSPS) is 11.8. The summed E-state index contributed by atoms with van der Waals surface area (Å²) in [6.45, 7) is 1.56. The van der Waals surface area contributed by atoms with Crippen molar-refractivity contribution in [2.24, 2.45) is 5.92 Å². The highest BCUT2D eigenvalue weighted by Gasteiger charge is 2.17. The van der Waals surface area contributed by atoms with Crippen molar-refractivity contribution in [2.45, 2.75) is 6.92 Å². The first-order chi connectivity index (χ1) is 10.9. The van der Waals surface area contributed by atoms with Gasteiger partial charge in [-0.1, -0.05) is 6.92 Å². The summed E-state index contributed by atoms with van der Waals surface area (Å²) in [5.41, 5.74) is 0.541. The van der Waals surface area contributed by atoms with Crippen LogP contribution in [0.15, 0.2) is 36.7 Å². The van der Waals surface area contributed by atoms with Crippen LogP contribution in [0.2, 0.25) is 0 Å². The summed E-state index contributed by atoms with van der Waals surface area (Å²) < 4.78 is 15.5. The number of aliphatic carboxylic acids is 1. The molecule has 7 nitrogen and oxygen atoms in total. The lowest BCUT2D eigenvalue weighted by molar-refractivity contribution is -0.141. The first-order valence-corrected chi connectivity index (χ1v) is 6.93. The first kappa shape index (κ1) is 16.5. The van der Waals surface area contributed by atoms with Gasteiger partial charge in [-0.25, -0.2) is 13.9 Å². The van der Waals surface area contributed by atoms with Crippen LogP contribution in [0.1, 0.15) is 6.92 Å². The molecule has 1 unspecified atom stereocenters. The standard InChI is InChI=1S/C15H17FN4O3/c1-10(14(21)22)9-19(2)15(23)18-11-4-5-13(12(16)8-11)20-7-3-6-17-20/h3-8,10H,9H2,1-2H3,(H,18,23)(H,21,22). The summed E-state index contributed by atoms with van der Waals surface area (Å²) in [6.07, 6.45) is 3.14. The highest BCUT2D eigenvalue weighted by Crippen LogP contribution is 2.18. The number of benzene rings is 1. The number of aromatic nitrogens is 2. The first-order valence-electron chi connectivity index (χ1n) is 6.93. The lowest BCUT2D eigenvalue weighted by Gasteiger charge is -2.20. The maximum absolute atomic E-state index is 14.1. The number of anilines is 1. The van der Waals surface area contributed by atoms with Gasteiger partial charge in [0.25, 0.3) is 0 Å². The summed E-state index contributed by atoms with van der Waals surface area (Å²) in [5.74, 6) is -2.21. The number of halogens is 1. The molecular formula is C15H17FN4O3. The van der Waals surface area contributed by atoms with Crippen molar-refractivity contribution in [3.8, 4) is 5.69 Å². The number of hydrogen-bond acceptors (Lipinski definition) is 3. The van der Waals surface area contributed by atoms with Crippen molar-refractivity contribution in [3.05, 3.63) is 42.5 Å². The number of carboxylic acids is 1. The third kappa shape index (κ3) is 4.06. The van der Waals surface area contributed by atoms with Crippen LogP contribution >= 0.6 is 0 Å². The number of carbonyl (C=O) groups excluding carboxylic acids is 1. The van der Waals surface area contributed by atoms with Crippen LogP contribution in [0.3, 0.4) is 0 Å². The Kier molecular flexibility index (Phi) is 4.95. The van der Waals surface area contributed by atoms with E-state index in [-0.39, 0.29) is 17.9 Å². The van der Waals surface area contributed by atoms with Crippen LogP contribution in [0.4, 0.5) is 14.9 Å². The average molecular weight is 320 g/mol. The number of nitrogens with one attached hydrogen (secondary N) is 1. The monoisotopic (exact) mass is 320 g/mol. The summed E-state index contributed by atoms with van der Waals surface area (Å²) in [5, 5.41) is 15.3. The zero-order valence-corrected chi connectivity index (χ0v) is 12.7. The molecule has 0 saturated heterocycles. The zero-order valence-electron chi connectivity index (χ0n) is 12.7. The highest BCUT2D eigenvalue weighted by molar-refractivity contribution is 5.89. The van der Waals surface area contributed by atoms with E-state index in [1.807, 2.05) is 0 Å². The van der Waals surface area contributed by atoms with Gasteiger partial charge in [0.15, 0.2) is 5.82 Å². The molecule has 0 aliphatic rings. The van der Waals surface area contributed by atoms with Crippen molar-refractivity contribution in [1.82, 2.24) is 14.7 Å². The largest absolute Gasteiger partial charge is 0.481 e. The molecule has 0 bridgehead atoms. The molecule has 0 saturated carbocycles. The van der Waals surface area contributed by atoms with Gasteiger partial charge in [0, 0.05) is 31.7 Å². The molecule has 0 aliphatic carbocycles. The van der Waals surface area contributed by atoms with Gasteiger partial charge in [-0.05, 0) is 24.3 Å². The van der Waals surface area contributed by atoms with Crippen LogP contribution in [-0.4, -0.2) is 45.4 Å². The topological polar surface area (TPSA) is 87.5 Å². The predicted octanol–water partition coefficient (Wildman–Crippen LogP) is 2.20. The maximum atomic E-state index is 14.1. The molecule has 23 heavy (non-hydrogen) atoms. The van der Waals surface area contributed by atoms with Gasteiger partial charge in [-0.3, -0.25) is 4.79 Å². The number of amides is 2. The smallest absolute Gasteiger partial charge is 0.321 e. The minimum absolute atomic E-state index is 0.0506. The van der Waals surface area contributed by atoms with Crippen LogP contribution in [0.5, 0.6) is 0 Å². The third-order valence-corrected chi connectivity index (χ3v) is 3.27. The van der Waals surface area contributed by atoms with E-state index in [9.17, 15) is 14.0 Å². The number of carbonyl (C=O) groups is 2. The van der Waals surface area contributed by atoms with Gasteiger partial charge < -0.3 is 15.3 Å². The molecule has 2 N–H and O–H groups in total. The van der Waals surface area contributed by atoms with Gasteiger partial charge >= 0.3 is 12.0 Å². The Morgan fingerprint density at radius 3 is 2.78 bits per heavy atom. The molecule has 0 aliphatic heterocycles. The van der Waals surface area contributed by atoms with E-state index in [2.05, 4.69) is 10.4 Å². The van der Waals surface area contributed by atoms with E-state index in [0.29, 0.717) is 0 Å². The Hall–Kier alpha value is -2.90. The minimum Gasteiger partial charge on any atom is -0.481 e. The van der Waals surface area contributed by atoms with E-state index in [0.717, 1.165) is 0 Å². The summed E-state index contributed by atoms with van der Waals surface area (Å²) in [6, 6.07) is 5.39. The van der Waals surface area contributed by atoms with E-state index >= 15 is 0 Å². The predicted molar refractivity (Wildman–Crippen MR) is 82.0 cm³/mol. The SMILES string of the molecule is CC(CN(C)C(=O)Nc1ccc(-n2cccn2)c(F)c1)C(=O)O. The van der Waals surface area contributed by atoms with Crippen LogP contribution < -0.4 is 5.32 Å². The average Bonchev–Trinajstić information content (AvgIpc) is 3.01. The molecule has 2 rings (SSSR count). The molecule has 8 heteroatoms. The van der Waals surface area contributed by atoms with Crippen molar-refractivity contribution >= 4 is 17.7 Å². The summed E-state index contributed by atoms with van der Waals surface area (Å²) in [7, 11) is 1.48. The van der Waals surface area contributed by atoms with Gasteiger partial charge in [0.05, 0.1) is 5.92 Å². The summed E-state index contributed by atoms with van der Waals surface area (Å²) in [4.78, 5) is 24.0. The molecule has 1 aromatic carbocycles. The van der Waals surface area contributed by atoms with Gasteiger partial charge in [0.1, 0.15) is 5.69 Å². The molecule has 122 valence electrons. The Morgan fingerprint density at radius 1 is 1.48 bits per heavy atom. The maximum Gasteiger partial charge on any atom is 0.321 e. The molecule has 1 aromatic heterocycles. The number of rotatable bonds is 5. The fourth-order valence-corrected chi connectivity index (χ4v) is 1.97. The minimum atomic E-state index is -0.987. The van der Waals surface area contributed by atoms with Crippen molar-refractivity contribution < 1.29 is 19.1 Å². The highest BCUT2D eigenvalue weighted by atomic mass is 19.1. The fourth-order valence-electron chi connectivity index (χ4n) is 1.97. The Bertz CT molecular complexity index is 703. The Morgan fingerprint density at radius 2 is 2.22 bits per heavy atom. The Balaban J connectivity index is 2.04. The zero-order chi connectivity index (χ0) is 17.0. The quantitative estimate of drug-likeness (QED) is 0.884. The number of nitrogens with zero attached hydrogens (tertiary/aromatic N) is 3. The lowest BCUT2D eigenvalue weighted by atomic mass is 10.2. The molecular weight excluding hydrogens is 303 g/mol. The van der Waals surface area contributed by atoms with E-state index in [4.69, 9.17) is 5.11 Å². The molecule has 0 radical (unpaired) electrons. The second kappa shape index (κ2) is 6.91.